The molecule has 0 aromatic carbocycles. The van der Waals surface area contributed by atoms with E-state index in [0.717, 1.165) is 30.5 Å². The van der Waals surface area contributed by atoms with Crippen molar-refractivity contribution in [3.05, 3.63) is 47.6 Å². The van der Waals surface area contributed by atoms with E-state index in [1.165, 1.54) is 0 Å². The number of likely N-dealkylation sites (tertiary alicyclic amines) is 1. The molecule has 0 bridgehead atoms. The van der Waals surface area contributed by atoms with Gasteiger partial charge in [-0.3, -0.25) is 9.20 Å². The SMILES string of the molecule is Cc1ccc2ncc(C(=O)N3CCCC[C@H]3c3nnc(CN(C)C)o3)n2c1. The van der Waals surface area contributed by atoms with E-state index in [1.807, 2.05) is 53.5 Å². The average molecular weight is 368 g/mol. The minimum Gasteiger partial charge on any atom is -0.422 e. The summed E-state index contributed by atoms with van der Waals surface area (Å²) >= 11 is 0. The van der Waals surface area contributed by atoms with Crippen LogP contribution in [0.15, 0.2) is 28.9 Å². The van der Waals surface area contributed by atoms with Gasteiger partial charge in [-0.1, -0.05) is 6.07 Å². The fraction of sp³-hybridized carbons (Fsp3) is 0.474. The van der Waals surface area contributed by atoms with Crippen LogP contribution in [-0.2, 0) is 6.54 Å². The van der Waals surface area contributed by atoms with E-state index in [-0.39, 0.29) is 11.9 Å². The molecule has 8 heteroatoms. The zero-order valence-corrected chi connectivity index (χ0v) is 15.9. The maximum atomic E-state index is 13.3. The Labute approximate surface area is 157 Å². The molecule has 3 aromatic heterocycles. The second-order valence-corrected chi connectivity index (χ2v) is 7.36. The van der Waals surface area contributed by atoms with Gasteiger partial charge in [-0.05, 0) is 51.9 Å². The first kappa shape index (κ1) is 17.7. The summed E-state index contributed by atoms with van der Waals surface area (Å²) in [7, 11) is 3.90. The maximum absolute atomic E-state index is 13.3. The topological polar surface area (TPSA) is 79.8 Å². The van der Waals surface area contributed by atoms with Crippen molar-refractivity contribution in [2.75, 3.05) is 20.6 Å². The van der Waals surface area contributed by atoms with Crippen molar-refractivity contribution in [1.29, 1.82) is 0 Å². The lowest BCUT2D eigenvalue weighted by Gasteiger charge is -2.33. The summed E-state index contributed by atoms with van der Waals surface area (Å²) in [5, 5.41) is 8.36. The third-order valence-corrected chi connectivity index (χ3v) is 4.86. The monoisotopic (exact) mass is 368 g/mol. The second-order valence-electron chi connectivity index (χ2n) is 7.36. The first-order valence-corrected chi connectivity index (χ1v) is 9.24. The molecule has 3 aromatic rings. The zero-order valence-electron chi connectivity index (χ0n) is 15.9. The van der Waals surface area contributed by atoms with Gasteiger partial charge in [-0.2, -0.15) is 0 Å². The van der Waals surface area contributed by atoms with E-state index in [9.17, 15) is 4.79 Å². The van der Waals surface area contributed by atoms with Crippen molar-refractivity contribution < 1.29 is 9.21 Å². The van der Waals surface area contributed by atoms with Crippen LogP contribution in [0.5, 0.6) is 0 Å². The van der Waals surface area contributed by atoms with Gasteiger partial charge >= 0.3 is 0 Å². The predicted octanol–water partition coefficient (Wildman–Crippen LogP) is 2.45. The minimum absolute atomic E-state index is 0.0508. The van der Waals surface area contributed by atoms with Crippen LogP contribution in [0, 0.1) is 6.92 Å². The molecule has 0 saturated carbocycles. The summed E-state index contributed by atoms with van der Waals surface area (Å²) < 4.78 is 7.71. The molecule has 1 aliphatic rings. The Morgan fingerprint density at radius 1 is 1.30 bits per heavy atom. The third-order valence-electron chi connectivity index (χ3n) is 4.86. The number of amides is 1. The molecule has 0 spiro atoms. The standard InChI is InChI=1S/C19H24N6O2/c1-13-7-8-16-20-10-15(25(16)11-13)19(26)24-9-5-4-6-14(24)18-22-21-17(27-18)12-23(2)3/h7-8,10-11,14H,4-6,9,12H2,1-3H3/t14-/m0/s1. The van der Waals surface area contributed by atoms with Crippen LogP contribution in [-0.4, -0.2) is 55.9 Å². The molecule has 8 nitrogen and oxygen atoms in total. The summed E-state index contributed by atoms with van der Waals surface area (Å²) in [4.78, 5) is 21.5. The van der Waals surface area contributed by atoms with Gasteiger partial charge in [0, 0.05) is 12.7 Å². The average Bonchev–Trinajstić information content (AvgIpc) is 3.27. The molecule has 0 N–H and O–H groups in total. The van der Waals surface area contributed by atoms with Crippen LogP contribution in [0.25, 0.3) is 5.65 Å². The Hall–Kier alpha value is -2.74. The van der Waals surface area contributed by atoms with Crippen molar-refractivity contribution in [2.24, 2.45) is 0 Å². The molecule has 0 unspecified atom stereocenters. The number of fused-ring (bicyclic) bond motifs is 1. The number of imidazole rings is 1. The van der Waals surface area contributed by atoms with Gasteiger partial charge < -0.3 is 14.2 Å². The summed E-state index contributed by atoms with van der Waals surface area (Å²) in [6.07, 6.45) is 6.42. The zero-order chi connectivity index (χ0) is 19.0. The highest BCUT2D eigenvalue weighted by molar-refractivity contribution is 5.93. The molecule has 0 aliphatic carbocycles. The molecule has 1 fully saturated rings. The number of piperidine rings is 1. The molecular formula is C19H24N6O2. The smallest absolute Gasteiger partial charge is 0.273 e. The number of carbonyl (C=O) groups is 1. The van der Waals surface area contributed by atoms with Gasteiger partial charge in [0.05, 0.1) is 12.7 Å². The van der Waals surface area contributed by atoms with E-state index in [2.05, 4.69) is 15.2 Å². The highest BCUT2D eigenvalue weighted by Gasteiger charge is 2.33. The molecule has 1 aliphatic heterocycles. The molecule has 1 saturated heterocycles. The van der Waals surface area contributed by atoms with Crippen LogP contribution >= 0.6 is 0 Å². The van der Waals surface area contributed by atoms with Crippen molar-refractivity contribution in [3.63, 3.8) is 0 Å². The van der Waals surface area contributed by atoms with Crippen molar-refractivity contribution in [3.8, 4) is 0 Å². The molecule has 0 radical (unpaired) electrons. The lowest BCUT2D eigenvalue weighted by molar-refractivity contribution is 0.0561. The molecular weight excluding hydrogens is 344 g/mol. The van der Waals surface area contributed by atoms with E-state index in [4.69, 9.17) is 4.42 Å². The summed E-state index contributed by atoms with van der Waals surface area (Å²) in [6, 6.07) is 3.72. The van der Waals surface area contributed by atoms with Crippen LogP contribution in [0.4, 0.5) is 0 Å². The molecule has 1 atom stereocenters. The van der Waals surface area contributed by atoms with Crippen molar-refractivity contribution in [2.45, 2.75) is 38.8 Å². The number of hydrogen-bond acceptors (Lipinski definition) is 6. The first-order valence-electron chi connectivity index (χ1n) is 9.24. The van der Waals surface area contributed by atoms with Gasteiger partial charge in [-0.25, -0.2) is 4.98 Å². The largest absolute Gasteiger partial charge is 0.422 e. The van der Waals surface area contributed by atoms with Gasteiger partial charge in [0.1, 0.15) is 17.4 Å². The summed E-state index contributed by atoms with van der Waals surface area (Å²) in [5.74, 6) is 1.04. The molecule has 142 valence electrons. The Morgan fingerprint density at radius 2 is 2.15 bits per heavy atom. The number of pyridine rings is 1. The number of aromatic nitrogens is 4. The van der Waals surface area contributed by atoms with Crippen molar-refractivity contribution in [1.82, 2.24) is 29.4 Å². The number of aryl methyl sites for hydroxylation is 1. The number of nitrogens with zero attached hydrogens (tertiary/aromatic N) is 6. The van der Waals surface area contributed by atoms with Gasteiger partial charge in [-0.15, -0.1) is 10.2 Å². The van der Waals surface area contributed by atoms with E-state index in [0.29, 0.717) is 30.6 Å². The number of carbonyl (C=O) groups excluding carboxylic acids is 1. The lowest BCUT2D eigenvalue weighted by atomic mass is 10.0. The van der Waals surface area contributed by atoms with Gasteiger partial charge in [0.25, 0.3) is 5.91 Å². The highest BCUT2D eigenvalue weighted by Crippen LogP contribution is 2.31. The highest BCUT2D eigenvalue weighted by atomic mass is 16.4. The van der Waals surface area contributed by atoms with Gasteiger partial charge in [0.2, 0.25) is 11.8 Å². The van der Waals surface area contributed by atoms with Crippen LogP contribution < -0.4 is 0 Å². The normalized spacial score (nSPS) is 17.8. The predicted molar refractivity (Wildman–Crippen MR) is 99.2 cm³/mol. The fourth-order valence-electron chi connectivity index (χ4n) is 3.56. The molecule has 4 rings (SSSR count). The Balaban J connectivity index is 1.64. The first-order chi connectivity index (χ1) is 13.0. The number of rotatable bonds is 4. The Morgan fingerprint density at radius 3 is 2.96 bits per heavy atom. The van der Waals surface area contributed by atoms with Crippen LogP contribution in [0.2, 0.25) is 0 Å². The Kier molecular flexibility index (Phi) is 4.65. The molecule has 4 heterocycles. The van der Waals surface area contributed by atoms with Gasteiger partial charge in [0.15, 0.2) is 0 Å². The van der Waals surface area contributed by atoms with E-state index in [1.54, 1.807) is 6.20 Å². The maximum Gasteiger partial charge on any atom is 0.273 e. The lowest BCUT2D eigenvalue weighted by Crippen LogP contribution is -2.39. The fourth-order valence-corrected chi connectivity index (χ4v) is 3.56. The molecule has 27 heavy (non-hydrogen) atoms. The van der Waals surface area contributed by atoms with Crippen LogP contribution in [0.1, 0.15) is 53.1 Å². The van der Waals surface area contributed by atoms with E-state index >= 15 is 0 Å². The number of hydrogen-bond donors (Lipinski definition) is 0. The van der Waals surface area contributed by atoms with E-state index < -0.39 is 0 Å². The minimum atomic E-state index is -0.190. The summed E-state index contributed by atoms with van der Waals surface area (Å²) in [6.45, 7) is 3.26. The van der Waals surface area contributed by atoms with Crippen molar-refractivity contribution >= 4 is 11.6 Å². The Bertz CT molecular complexity index is 960. The van der Waals surface area contributed by atoms with Crippen LogP contribution in [0.3, 0.4) is 0 Å². The second kappa shape index (κ2) is 7.11. The quantitative estimate of drug-likeness (QED) is 0.704. The molecule has 1 amide bonds. The third kappa shape index (κ3) is 3.44. The summed E-state index contributed by atoms with van der Waals surface area (Å²) in [5.41, 5.74) is 2.41.